The molecule has 0 aromatic rings. The first-order valence-electron chi connectivity index (χ1n) is 3.99. The smallest absolute Gasteiger partial charge is 0.231 e. The first-order valence-corrected chi connectivity index (χ1v) is 7.11. The van der Waals surface area contributed by atoms with Crippen molar-refractivity contribution >= 4 is 8.32 Å². The number of ether oxygens (including phenoxy) is 1. The van der Waals surface area contributed by atoms with Gasteiger partial charge in [0.1, 0.15) is 0 Å². The van der Waals surface area contributed by atoms with Crippen molar-refractivity contribution in [3.8, 4) is 0 Å². The van der Waals surface area contributed by atoms with Gasteiger partial charge in [0, 0.05) is 0 Å². The third kappa shape index (κ3) is 9.72. The average molecular weight is 173 g/mol. The minimum atomic E-state index is -2.07. The van der Waals surface area contributed by atoms with Crippen molar-refractivity contribution in [2.24, 2.45) is 0 Å². The summed E-state index contributed by atoms with van der Waals surface area (Å²) in [5.41, 5.74) is 0. The van der Waals surface area contributed by atoms with Gasteiger partial charge in [-0.05, 0) is 32.5 Å². The summed E-state index contributed by atoms with van der Waals surface area (Å²) in [5, 5.41) is 0. The highest BCUT2D eigenvalue weighted by atomic mass is 28.4. The molecule has 1 radical (unpaired) electrons. The third-order valence-corrected chi connectivity index (χ3v) is 2.83. The van der Waals surface area contributed by atoms with Gasteiger partial charge in [-0.2, -0.15) is 0 Å². The van der Waals surface area contributed by atoms with Crippen molar-refractivity contribution in [3.63, 3.8) is 0 Å². The number of hydrogen-bond donors (Lipinski definition) is 0. The summed E-state index contributed by atoms with van der Waals surface area (Å²) in [5.74, 6) is 0. The van der Waals surface area contributed by atoms with E-state index in [0.717, 1.165) is 12.5 Å². The summed E-state index contributed by atoms with van der Waals surface area (Å²) in [7, 11) is -2.07. The molecule has 0 aliphatic carbocycles. The van der Waals surface area contributed by atoms with E-state index in [1.165, 1.54) is 0 Å². The summed E-state index contributed by atoms with van der Waals surface area (Å²) >= 11 is 0. The predicted molar refractivity (Wildman–Crippen MR) is 48.4 cm³/mol. The largest absolute Gasteiger partial charge is 0.502 e. The SMILES string of the molecule is CC=COCCC[Si](C)(C)[O]. The second-order valence-corrected chi connectivity index (χ2v) is 7.22. The molecule has 0 rings (SSSR count). The second kappa shape index (κ2) is 5.38. The molecule has 0 aromatic carbocycles. The molecule has 0 spiro atoms. The van der Waals surface area contributed by atoms with Crippen LogP contribution in [0.2, 0.25) is 19.1 Å². The van der Waals surface area contributed by atoms with Gasteiger partial charge in [0.05, 0.1) is 12.9 Å². The van der Waals surface area contributed by atoms with Crippen LogP contribution in [0.3, 0.4) is 0 Å². The fourth-order valence-corrected chi connectivity index (χ4v) is 1.74. The first kappa shape index (κ1) is 10.7. The second-order valence-electron chi connectivity index (χ2n) is 3.20. The number of rotatable bonds is 5. The maximum absolute atomic E-state index is 11.2. The maximum Gasteiger partial charge on any atom is 0.231 e. The van der Waals surface area contributed by atoms with Crippen LogP contribution in [-0.4, -0.2) is 14.9 Å². The predicted octanol–water partition coefficient (Wildman–Crippen LogP) is 2.56. The molecule has 0 amide bonds. The van der Waals surface area contributed by atoms with Gasteiger partial charge in [-0.3, -0.25) is 4.80 Å². The Morgan fingerprint density at radius 3 is 2.55 bits per heavy atom. The molecule has 0 saturated carbocycles. The molecule has 0 heterocycles. The van der Waals surface area contributed by atoms with Gasteiger partial charge >= 0.3 is 0 Å². The molecule has 0 aromatic heterocycles. The van der Waals surface area contributed by atoms with Gasteiger partial charge in [-0.1, -0.05) is 6.08 Å². The Morgan fingerprint density at radius 2 is 2.09 bits per heavy atom. The summed E-state index contributed by atoms with van der Waals surface area (Å²) in [6.45, 7) is 6.26. The zero-order valence-corrected chi connectivity index (χ0v) is 8.59. The van der Waals surface area contributed by atoms with Gasteiger partial charge in [0.2, 0.25) is 8.32 Å². The van der Waals surface area contributed by atoms with Crippen LogP contribution in [0, 0.1) is 0 Å². The van der Waals surface area contributed by atoms with Crippen molar-refractivity contribution in [1.82, 2.24) is 0 Å². The number of hydrogen-bond acceptors (Lipinski definition) is 1. The first-order chi connectivity index (χ1) is 5.06. The highest BCUT2D eigenvalue weighted by Gasteiger charge is 2.18. The zero-order valence-electron chi connectivity index (χ0n) is 7.59. The van der Waals surface area contributed by atoms with Crippen LogP contribution >= 0.6 is 0 Å². The van der Waals surface area contributed by atoms with Gasteiger partial charge in [-0.25, -0.2) is 0 Å². The van der Waals surface area contributed by atoms with Gasteiger partial charge < -0.3 is 4.74 Å². The Balaban J connectivity index is 3.15. The topological polar surface area (TPSA) is 29.1 Å². The highest BCUT2D eigenvalue weighted by molar-refractivity contribution is 6.69. The van der Waals surface area contributed by atoms with E-state index < -0.39 is 8.32 Å². The molecule has 0 atom stereocenters. The summed E-state index contributed by atoms with van der Waals surface area (Å²) < 4.78 is 5.08. The van der Waals surface area contributed by atoms with Crippen LogP contribution in [0.4, 0.5) is 0 Å². The standard InChI is InChI=1S/C8H17O2Si/c1-4-6-10-7-5-8-11(2,3)9/h4,6H,5,7-8H2,1-3H3. The van der Waals surface area contributed by atoms with Crippen LogP contribution in [0.25, 0.3) is 0 Å². The molecule has 0 saturated heterocycles. The van der Waals surface area contributed by atoms with Crippen LogP contribution in [-0.2, 0) is 9.53 Å². The quantitative estimate of drug-likeness (QED) is 0.357. The Labute approximate surface area is 70.0 Å². The molecule has 11 heavy (non-hydrogen) atoms. The lowest BCUT2D eigenvalue weighted by Crippen LogP contribution is -2.22. The van der Waals surface area contributed by atoms with Crippen LogP contribution in [0.5, 0.6) is 0 Å². The van der Waals surface area contributed by atoms with Gasteiger partial charge in [0.15, 0.2) is 0 Å². The third-order valence-electron chi connectivity index (χ3n) is 1.27. The molecular weight excluding hydrogens is 156 g/mol. The minimum Gasteiger partial charge on any atom is -0.502 e. The van der Waals surface area contributed by atoms with E-state index in [0.29, 0.717) is 6.61 Å². The van der Waals surface area contributed by atoms with Crippen molar-refractivity contribution < 1.29 is 9.53 Å². The van der Waals surface area contributed by atoms with Crippen LogP contribution < -0.4 is 0 Å². The summed E-state index contributed by atoms with van der Waals surface area (Å²) in [6, 6.07) is 0.810. The van der Waals surface area contributed by atoms with Crippen LogP contribution in [0.1, 0.15) is 13.3 Å². The molecule has 0 unspecified atom stereocenters. The molecule has 0 bridgehead atoms. The van der Waals surface area contributed by atoms with Crippen molar-refractivity contribution in [1.29, 1.82) is 0 Å². The highest BCUT2D eigenvalue weighted by Crippen LogP contribution is 2.08. The summed E-state index contributed by atoms with van der Waals surface area (Å²) in [6.07, 6.45) is 4.41. The van der Waals surface area contributed by atoms with Gasteiger partial charge in [0.25, 0.3) is 0 Å². The van der Waals surface area contributed by atoms with Gasteiger partial charge in [-0.15, -0.1) is 0 Å². The van der Waals surface area contributed by atoms with Crippen LogP contribution in [0.15, 0.2) is 12.3 Å². The Kier molecular flexibility index (Phi) is 5.24. The lowest BCUT2D eigenvalue weighted by molar-refractivity contribution is 0.246. The van der Waals surface area contributed by atoms with E-state index in [2.05, 4.69) is 0 Å². The van der Waals surface area contributed by atoms with E-state index in [9.17, 15) is 4.80 Å². The Morgan fingerprint density at radius 1 is 1.45 bits per heavy atom. The Hall–Kier alpha value is -0.283. The van der Waals surface area contributed by atoms with Crippen molar-refractivity contribution in [2.75, 3.05) is 6.61 Å². The van der Waals surface area contributed by atoms with E-state index in [-0.39, 0.29) is 0 Å². The monoisotopic (exact) mass is 173 g/mol. The fourth-order valence-electron chi connectivity index (χ4n) is 0.745. The van der Waals surface area contributed by atoms with E-state index in [1.54, 1.807) is 6.26 Å². The normalized spacial score (nSPS) is 12.4. The number of allylic oxidation sites excluding steroid dienone is 1. The molecule has 0 fully saturated rings. The lowest BCUT2D eigenvalue weighted by Gasteiger charge is -2.09. The Bertz CT molecular complexity index is 116. The minimum absolute atomic E-state index is 0.684. The molecule has 0 N–H and O–H groups in total. The summed E-state index contributed by atoms with van der Waals surface area (Å²) in [4.78, 5) is 11.2. The van der Waals surface area contributed by atoms with E-state index in [4.69, 9.17) is 4.74 Å². The molecule has 3 heteroatoms. The molecular formula is C8H17O2Si. The maximum atomic E-state index is 11.2. The molecule has 65 valence electrons. The van der Waals surface area contributed by atoms with Crippen molar-refractivity contribution in [3.05, 3.63) is 12.3 Å². The zero-order chi connectivity index (χ0) is 8.74. The lowest BCUT2D eigenvalue weighted by atomic mass is 10.5. The molecule has 2 nitrogen and oxygen atoms in total. The molecule has 0 aliphatic rings. The average Bonchev–Trinajstić information content (AvgIpc) is 1.85. The van der Waals surface area contributed by atoms with E-state index in [1.807, 2.05) is 26.1 Å². The van der Waals surface area contributed by atoms with Crippen molar-refractivity contribution in [2.45, 2.75) is 32.5 Å². The molecule has 0 aliphatic heterocycles. The van der Waals surface area contributed by atoms with E-state index >= 15 is 0 Å². The fraction of sp³-hybridized carbons (Fsp3) is 0.750.